The van der Waals surface area contributed by atoms with Crippen molar-refractivity contribution in [3.63, 3.8) is 0 Å². The first-order chi connectivity index (χ1) is 10.8. The fourth-order valence-corrected chi connectivity index (χ4v) is 3.98. The zero-order chi connectivity index (χ0) is 17.0. The number of nitrogens with zero attached hydrogens (tertiary/aromatic N) is 2. The Labute approximate surface area is 137 Å². The van der Waals surface area contributed by atoms with E-state index >= 15 is 0 Å². The number of hydrogen-bond donors (Lipinski definition) is 1. The summed E-state index contributed by atoms with van der Waals surface area (Å²) in [4.78, 5) is 13.9. The van der Waals surface area contributed by atoms with E-state index < -0.39 is 15.8 Å². The van der Waals surface area contributed by atoms with Crippen molar-refractivity contribution in [2.45, 2.75) is 24.2 Å². The van der Waals surface area contributed by atoms with E-state index in [2.05, 4.69) is 0 Å². The van der Waals surface area contributed by atoms with Crippen LogP contribution in [-0.4, -0.2) is 55.7 Å². The molecule has 23 heavy (non-hydrogen) atoms. The molecule has 0 radical (unpaired) electrons. The summed E-state index contributed by atoms with van der Waals surface area (Å²) in [5.74, 6) is -0.664. The van der Waals surface area contributed by atoms with Gasteiger partial charge in [-0.3, -0.25) is 4.79 Å². The molecule has 2 rings (SSSR count). The number of hydrogen-bond acceptors (Lipinski definition) is 5. The SMILES string of the molecule is CN(C)C=CC(=O)c1cc(S(=O)(=O)N2CCCCC2)ccc1O. The molecule has 0 bridgehead atoms. The minimum absolute atomic E-state index is 0.0128. The highest BCUT2D eigenvalue weighted by Crippen LogP contribution is 2.26. The van der Waals surface area contributed by atoms with Crippen molar-refractivity contribution in [1.82, 2.24) is 9.21 Å². The smallest absolute Gasteiger partial charge is 0.243 e. The number of carbonyl (C=O) groups excluding carboxylic acids is 1. The van der Waals surface area contributed by atoms with Crippen LogP contribution in [0.1, 0.15) is 29.6 Å². The normalized spacial score (nSPS) is 16.6. The zero-order valence-electron chi connectivity index (χ0n) is 13.4. The number of benzene rings is 1. The summed E-state index contributed by atoms with van der Waals surface area (Å²) >= 11 is 0. The van der Waals surface area contributed by atoms with Gasteiger partial charge in [-0.25, -0.2) is 8.42 Å². The van der Waals surface area contributed by atoms with E-state index in [1.54, 1.807) is 25.2 Å². The molecule has 1 heterocycles. The van der Waals surface area contributed by atoms with Crippen molar-refractivity contribution in [1.29, 1.82) is 0 Å². The van der Waals surface area contributed by atoms with E-state index in [1.807, 2.05) is 0 Å². The topological polar surface area (TPSA) is 77.9 Å². The van der Waals surface area contributed by atoms with Crippen molar-refractivity contribution in [2.75, 3.05) is 27.2 Å². The molecule has 1 N–H and O–H groups in total. The average molecular weight is 338 g/mol. The predicted octanol–water partition coefficient (Wildman–Crippen LogP) is 1.82. The molecule has 0 aliphatic carbocycles. The van der Waals surface area contributed by atoms with Gasteiger partial charge >= 0.3 is 0 Å². The van der Waals surface area contributed by atoms with Crippen LogP contribution in [0.3, 0.4) is 0 Å². The Hall–Kier alpha value is -1.86. The van der Waals surface area contributed by atoms with Crippen LogP contribution in [0.5, 0.6) is 5.75 Å². The molecule has 1 aliphatic heterocycles. The maximum absolute atomic E-state index is 12.6. The van der Waals surface area contributed by atoms with E-state index in [0.29, 0.717) is 13.1 Å². The maximum Gasteiger partial charge on any atom is 0.243 e. The minimum atomic E-state index is -3.63. The molecule has 0 atom stereocenters. The summed E-state index contributed by atoms with van der Waals surface area (Å²) in [7, 11) is -0.101. The van der Waals surface area contributed by atoms with Crippen LogP contribution >= 0.6 is 0 Å². The molecule has 0 unspecified atom stereocenters. The Balaban J connectivity index is 2.34. The first kappa shape index (κ1) is 17.5. The molecule has 7 heteroatoms. The van der Waals surface area contributed by atoms with Gasteiger partial charge < -0.3 is 10.0 Å². The number of rotatable bonds is 5. The monoisotopic (exact) mass is 338 g/mol. The maximum atomic E-state index is 12.6. The van der Waals surface area contributed by atoms with Gasteiger partial charge in [0.05, 0.1) is 10.5 Å². The van der Waals surface area contributed by atoms with Crippen LogP contribution < -0.4 is 0 Å². The van der Waals surface area contributed by atoms with E-state index in [0.717, 1.165) is 19.3 Å². The highest BCUT2D eigenvalue weighted by molar-refractivity contribution is 7.89. The lowest BCUT2D eigenvalue weighted by Gasteiger charge is -2.26. The lowest BCUT2D eigenvalue weighted by molar-refractivity contribution is 0.104. The second-order valence-electron chi connectivity index (χ2n) is 5.79. The summed E-state index contributed by atoms with van der Waals surface area (Å²) in [5.41, 5.74) is -0.0128. The van der Waals surface area contributed by atoms with Gasteiger partial charge in [-0.1, -0.05) is 6.42 Å². The van der Waals surface area contributed by atoms with Gasteiger partial charge in [-0.2, -0.15) is 4.31 Å². The Morgan fingerprint density at radius 1 is 1.22 bits per heavy atom. The molecule has 0 aromatic heterocycles. The molecular formula is C16H22N2O4S. The van der Waals surface area contributed by atoms with E-state index in [1.165, 1.54) is 28.6 Å². The van der Waals surface area contributed by atoms with Gasteiger partial charge in [-0.05, 0) is 31.0 Å². The van der Waals surface area contributed by atoms with Crippen molar-refractivity contribution < 1.29 is 18.3 Å². The molecule has 1 aliphatic rings. The zero-order valence-corrected chi connectivity index (χ0v) is 14.2. The molecule has 6 nitrogen and oxygen atoms in total. The van der Waals surface area contributed by atoms with Crippen LogP contribution in [-0.2, 0) is 10.0 Å². The molecular weight excluding hydrogens is 316 g/mol. The highest BCUT2D eigenvalue weighted by Gasteiger charge is 2.27. The number of carbonyl (C=O) groups is 1. The third kappa shape index (κ3) is 4.11. The highest BCUT2D eigenvalue weighted by atomic mass is 32.2. The van der Waals surface area contributed by atoms with Gasteiger partial charge in [0.2, 0.25) is 10.0 Å². The predicted molar refractivity (Wildman–Crippen MR) is 87.9 cm³/mol. The van der Waals surface area contributed by atoms with Crippen LogP contribution in [0.15, 0.2) is 35.4 Å². The minimum Gasteiger partial charge on any atom is -0.507 e. The van der Waals surface area contributed by atoms with Gasteiger partial charge in [0.1, 0.15) is 5.75 Å². The van der Waals surface area contributed by atoms with Crippen molar-refractivity contribution in [2.24, 2.45) is 0 Å². The van der Waals surface area contributed by atoms with Crippen molar-refractivity contribution in [3.05, 3.63) is 36.0 Å². The first-order valence-corrected chi connectivity index (χ1v) is 8.98. The van der Waals surface area contributed by atoms with E-state index in [4.69, 9.17) is 0 Å². The fraction of sp³-hybridized carbons (Fsp3) is 0.438. The number of allylic oxidation sites excluding steroid dienone is 1. The third-order valence-corrected chi connectivity index (χ3v) is 5.60. The number of phenolic OH excluding ortho intramolecular Hbond substituents is 1. The quantitative estimate of drug-likeness (QED) is 0.654. The third-order valence-electron chi connectivity index (χ3n) is 3.71. The summed E-state index contributed by atoms with van der Waals surface area (Å²) in [6, 6.07) is 3.85. The van der Waals surface area contributed by atoms with Crippen LogP contribution in [0, 0.1) is 0 Å². The van der Waals surface area contributed by atoms with Gasteiger partial charge in [0.25, 0.3) is 0 Å². The standard InChI is InChI=1S/C16H22N2O4S/c1-17(2)11-8-16(20)14-12-13(6-7-15(14)19)23(21,22)18-9-4-3-5-10-18/h6-8,11-12,19H,3-5,9-10H2,1-2H3. The second kappa shape index (κ2) is 7.14. The molecule has 0 spiro atoms. The number of sulfonamides is 1. The molecule has 0 saturated carbocycles. The van der Waals surface area contributed by atoms with Crippen molar-refractivity contribution in [3.8, 4) is 5.75 Å². The van der Waals surface area contributed by atoms with E-state index in [-0.39, 0.29) is 16.2 Å². The Bertz CT molecular complexity index is 705. The van der Waals surface area contributed by atoms with Crippen LogP contribution in [0.4, 0.5) is 0 Å². The lowest BCUT2D eigenvalue weighted by Crippen LogP contribution is -2.35. The van der Waals surface area contributed by atoms with Gasteiger partial charge in [-0.15, -0.1) is 0 Å². The largest absolute Gasteiger partial charge is 0.507 e. The summed E-state index contributed by atoms with van der Waals surface area (Å²) in [5, 5.41) is 9.87. The fourth-order valence-electron chi connectivity index (χ4n) is 2.43. The molecule has 0 amide bonds. The molecule has 1 fully saturated rings. The summed E-state index contributed by atoms with van der Waals surface area (Å²) < 4.78 is 26.7. The van der Waals surface area contributed by atoms with Crippen LogP contribution in [0.2, 0.25) is 0 Å². The van der Waals surface area contributed by atoms with Gasteiger partial charge in [0, 0.05) is 39.5 Å². The van der Waals surface area contributed by atoms with E-state index in [9.17, 15) is 18.3 Å². The van der Waals surface area contributed by atoms with Crippen molar-refractivity contribution >= 4 is 15.8 Å². The number of phenols is 1. The number of ketones is 1. The Morgan fingerprint density at radius 2 is 1.87 bits per heavy atom. The molecule has 1 aromatic rings. The number of piperidine rings is 1. The lowest BCUT2D eigenvalue weighted by atomic mass is 10.1. The molecule has 1 saturated heterocycles. The Kier molecular flexibility index (Phi) is 5.43. The molecule has 126 valence electrons. The summed E-state index contributed by atoms with van der Waals surface area (Å²) in [6.45, 7) is 0.986. The number of aromatic hydroxyl groups is 1. The average Bonchev–Trinajstić information content (AvgIpc) is 2.53. The Morgan fingerprint density at radius 3 is 2.48 bits per heavy atom. The summed E-state index contributed by atoms with van der Waals surface area (Å²) in [6.07, 6.45) is 5.56. The van der Waals surface area contributed by atoms with Gasteiger partial charge in [0.15, 0.2) is 5.78 Å². The second-order valence-corrected chi connectivity index (χ2v) is 7.73. The first-order valence-electron chi connectivity index (χ1n) is 7.54. The van der Waals surface area contributed by atoms with Crippen LogP contribution in [0.25, 0.3) is 0 Å². The molecule has 1 aromatic carbocycles.